The second-order valence-electron chi connectivity index (χ2n) is 6.09. The van der Waals surface area contributed by atoms with Crippen LogP contribution in [0.1, 0.15) is 76.8 Å². The summed E-state index contributed by atoms with van der Waals surface area (Å²) in [5.74, 6) is 1.16. The lowest BCUT2D eigenvalue weighted by molar-refractivity contribution is 0.0760. The number of aliphatic hydroxyl groups excluding tert-OH is 1. The first-order valence-electron chi connectivity index (χ1n) is 9.71. The lowest BCUT2D eigenvalue weighted by atomic mass is 10.00. The Kier molecular flexibility index (Phi) is 12.2. The van der Waals surface area contributed by atoms with Crippen molar-refractivity contribution in [3.05, 3.63) is 44.4 Å². The molecule has 0 saturated heterocycles. The predicted molar refractivity (Wildman–Crippen MR) is 112 cm³/mol. The average molecular weight is 381 g/mol. The minimum atomic E-state index is -0.428. The van der Waals surface area contributed by atoms with Crippen LogP contribution in [0.4, 0.5) is 0 Å². The molecule has 0 aliphatic heterocycles. The zero-order chi connectivity index (χ0) is 21.0. The highest BCUT2D eigenvalue weighted by molar-refractivity contribution is 5.60. The Bertz CT molecular complexity index is 679. The summed E-state index contributed by atoms with van der Waals surface area (Å²) >= 11 is 0. The van der Waals surface area contributed by atoms with Crippen molar-refractivity contribution in [1.29, 1.82) is 0 Å². The minimum Gasteiger partial charge on any atom is -0.512 e. The number of hydrogen-bond acceptors (Lipinski definition) is 5. The molecule has 0 fully saturated rings. The zero-order valence-corrected chi connectivity index (χ0v) is 18.1. The third-order valence-corrected chi connectivity index (χ3v) is 4.06. The van der Waals surface area contributed by atoms with Crippen LogP contribution in [0.25, 0.3) is 12.2 Å². The van der Waals surface area contributed by atoms with Crippen LogP contribution in [-0.2, 0) is 15.9 Å². The molecule has 1 aromatic heterocycles. The Labute approximate surface area is 163 Å². The van der Waals surface area contributed by atoms with Crippen molar-refractivity contribution in [2.24, 2.45) is 0 Å². The van der Waals surface area contributed by atoms with Gasteiger partial charge in [0.2, 0.25) is 0 Å². The third kappa shape index (κ3) is 8.04. The van der Waals surface area contributed by atoms with Gasteiger partial charge in [-0.2, -0.15) is 0 Å². The Morgan fingerprint density at radius 2 is 1.85 bits per heavy atom. The molecule has 0 radical (unpaired) electrons. The molecule has 0 amide bonds. The van der Waals surface area contributed by atoms with E-state index in [0.717, 1.165) is 24.0 Å². The fraction of sp³-hybridized carbons (Fsp3) is 0.591. The van der Waals surface area contributed by atoms with E-state index in [-0.39, 0.29) is 11.9 Å². The van der Waals surface area contributed by atoms with Gasteiger partial charge in [-0.1, -0.05) is 27.7 Å². The van der Waals surface area contributed by atoms with Crippen molar-refractivity contribution in [3.63, 3.8) is 0 Å². The van der Waals surface area contributed by atoms with E-state index in [4.69, 9.17) is 13.9 Å². The van der Waals surface area contributed by atoms with E-state index < -0.39 is 5.63 Å². The van der Waals surface area contributed by atoms with Crippen LogP contribution in [0.3, 0.4) is 0 Å². The third-order valence-electron chi connectivity index (χ3n) is 4.06. The molecule has 27 heavy (non-hydrogen) atoms. The Morgan fingerprint density at radius 3 is 2.33 bits per heavy atom. The van der Waals surface area contributed by atoms with E-state index in [1.54, 1.807) is 20.1 Å². The van der Waals surface area contributed by atoms with E-state index in [0.29, 0.717) is 30.1 Å². The first-order valence-corrected chi connectivity index (χ1v) is 9.71. The number of allylic oxidation sites excluding steroid dienone is 2. The number of methoxy groups -OCH3 is 1. The SMILES string of the molecule is CC.CCc1c(C)c(/C=C(\C)O)oc(=O)c1/C=C(\C)OC(CC)CCOC. The van der Waals surface area contributed by atoms with Crippen molar-refractivity contribution in [1.82, 2.24) is 0 Å². The quantitative estimate of drug-likeness (QED) is 0.561. The fourth-order valence-corrected chi connectivity index (χ4v) is 2.73. The van der Waals surface area contributed by atoms with Gasteiger partial charge in [0.1, 0.15) is 11.9 Å². The normalized spacial score (nSPS) is 13.0. The van der Waals surface area contributed by atoms with Crippen molar-refractivity contribution >= 4 is 12.2 Å². The van der Waals surface area contributed by atoms with Crippen molar-refractivity contribution in [2.75, 3.05) is 13.7 Å². The summed E-state index contributed by atoms with van der Waals surface area (Å²) in [5.41, 5.74) is 1.83. The van der Waals surface area contributed by atoms with Gasteiger partial charge in [0.25, 0.3) is 0 Å². The molecule has 0 saturated carbocycles. The van der Waals surface area contributed by atoms with Gasteiger partial charge in [-0.25, -0.2) is 4.79 Å². The van der Waals surface area contributed by atoms with Gasteiger partial charge in [-0.05, 0) is 50.8 Å². The monoisotopic (exact) mass is 380 g/mol. The number of ether oxygens (including phenoxy) is 2. The van der Waals surface area contributed by atoms with Crippen molar-refractivity contribution in [3.8, 4) is 0 Å². The molecule has 0 bridgehead atoms. The van der Waals surface area contributed by atoms with E-state index in [2.05, 4.69) is 6.92 Å². The lowest BCUT2D eigenvalue weighted by Gasteiger charge is -2.18. The van der Waals surface area contributed by atoms with Crippen molar-refractivity contribution in [2.45, 2.75) is 73.8 Å². The number of aliphatic hydroxyl groups is 1. The summed E-state index contributed by atoms with van der Waals surface area (Å²) in [4.78, 5) is 12.4. The highest BCUT2D eigenvalue weighted by Gasteiger charge is 2.15. The van der Waals surface area contributed by atoms with Gasteiger partial charge in [0.05, 0.1) is 17.1 Å². The average Bonchev–Trinajstić information content (AvgIpc) is 2.64. The smallest absolute Gasteiger partial charge is 0.343 e. The molecule has 0 spiro atoms. The van der Waals surface area contributed by atoms with Crippen LogP contribution in [0.5, 0.6) is 0 Å². The number of rotatable bonds is 9. The predicted octanol–water partition coefficient (Wildman–Crippen LogP) is 5.65. The van der Waals surface area contributed by atoms with Crippen LogP contribution < -0.4 is 5.63 Å². The van der Waals surface area contributed by atoms with Gasteiger partial charge in [0.15, 0.2) is 0 Å². The number of hydrogen-bond donors (Lipinski definition) is 1. The van der Waals surface area contributed by atoms with Crippen LogP contribution >= 0.6 is 0 Å². The van der Waals surface area contributed by atoms with E-state index >= 15 is 0 Å². The van der Waals surface area contributed by atoms with Gasteiger partial charge in [0, 0.05) is 26.2 Å². The molecule has 154 valence electrons. The summed E-state index contributed by atoms with van der Waals surface area (Å²) in [7, 11) is 1.67. The standard InChI is InChI=1S/C20H30O5.C2H6/c1-7-16(9-10-23-6)24-14(4)12-18-17(8-2)15(5)19(11-13(3)21)25-20(18)22;1-2/h11-12,16,21H,7-10H2,1-6H3;1-2H3/b13-11+,14-12+;. The van der Waals surface area contributed by atoms with Crippen LogP contribution in [-0.4, -0.2) is 24.9 Å². The van der Waals surface area contributed by atoms with Gasteiger partial charge < -0.3 is 19.0 Å². The molecular formula is C22H36O5. The fourth-order valence-electron chi connectivity index (χ4n) is 2.73. The summed E-state index contributed by atoms with van der Waals surface area (Å²) in [5, 5.41) is 9.45. The lowest BCUT2D eigenvalue weighted by Crippen LogP contribution is -2.15. The van der Waals surface area contributed by atoms with Crippen molar-refractivity contribution < 1.29 is 19.0 Å². The zero-order valence-electron chi connectivity index (χ0n) is 18.1. The second-order valence-corrected chi connectivity index (χ2v) is 6.09. The molecule has 1 unspecified atom stereocenters. The van der Waals surface area contributed by atoms with Crippen LogP contribution in [0.2, 0.25) is 0 Å². The van der Waals surface area contributed by atoms with E-state index in [1.807, 2.05) is 34.6 Å². The van der Waals surface area contributed by atoms with Gasteiger partial charge in [-0.3, -0.25) is 0 Å². The summed E-state index contributed by atoms with van der Waals surface area (Å²) in [6, 6.07) is 0. The maximum Gasteiger partial charge on any atom is 0.343 e. The second kappa shape index (κ2) is 13.2. The molecule has 0 aromatic carbocycles. The first-order chi connectivity index (χ1) is 12.8. The molecule has 1 N–H and O–H groups in total. The maximum atomic E-state index is 12.4. The molecular weight excluding hydrogens is 344 g/mol. The topological polar surface area (TPSA) is 68.9 Å². The summed E-state index contributed by atoms with van der Waals surface area (Å²) < 4.78 is 16.4. The largest absolute Gasteiger partial charge is 0.512 e. The molecule has 0 aliphatic rings. The summed E-state index contributed by atoms with van der Waals surface area (Å²) in [6.07, 6.45) is 5.60. The molecule has 1 aromatic rings. The Balaban J connectivity index is 0.00000326. The highest BCUT2D eigenvalue weighted by atomic mass is 16.5. The molecule has 0 aliphatic carbocycles. The molecule has 1 rings (SSSR count). The molecule has 1 heterocycles. The van der Waals surface area contributed by atoms with E-state index in [9.17, 15) is 9.90 Å². The van der Waals surface area contributed by atoms with Gasteiger partial charge in [-0.15, -0.1) is 0 Å². The van der Waals surface area contributed by atoms with Crippen LogP contribution in [0, 0.1) is 6.92 Å². The first kappa shape index (κ1) is 25.0. The maximum absolute atomic E-state index is 12.4. The highest BCUT2D eigenvalue weighted by Crippen LogP contribution is 2.21. The Hall–Kier alpha value is -2.01. The molecule has 5 heteroatoms. The summed E-state index contributed by atoms with van der Waals surface area (Å²) in [6.45, 7) is 14.0. The van der Waals surface area contributed by atoms with Crippen LogP contribution in [0.15, 0.2) is 20.7 Å². The minimum absolute atomic E-state index is 0.0497. The molecule has 5 nitrogen and oxygen atoms in total. The molecule has 1 atom stereocenters. The van der Waals surface area contributed by atoms with Gasteiger partial charge >= 0.3 is 5.63 Å². The van der Waals surface area contributed by atoms with E-state index in [1.165, 1.54) is 6.08 Å². The Morgan fingerprint density at radius 1 is 1.22 bits per heavy atom.